The van der Waals surface area contributed by atoms with E-state index in [1.165, 1.54) is 31.4 Å². The lowest BCUT2D eigenvalue weighted by Crippen LogP contribution is -2.32. The van der Waals surface area contributed by atoms with Gasteiger partial charge < -0.3 is 5.32 Å². The predicted molar refractivity (Wildman–Crippen MR) is 78.9 cm³/mol. The number of rotatable bonds is 4. The summed E-state index contributed by atoms with van der Waals surface area (Å²) in [5.41, 5.74) is 2.08. The normalized spacial score (nSPS) is 18.2. The molecule has 2 aromatic rings. The molecule has 2 aromatic heterocycles. The number of nitrogens with one attached hydrogen (secondary N) is 1. The molecule has 0 radical (unpaired) electrons. The molecular weight excluding hydrogens is 304 g/mol. The summed E-state index contributed by atoms with van der Waals surface area (Å²) in [6.07, 6.45) is 11.2. The quantitative estimate of drug-likeness (QED) is 0.940. The highest BCUT2D eigenvalue weighted by atomic mass is 79.9. The van der Waals surface area contributed by atoms with Crippen molar-refractivity contribution < 1.29 is 0 Å². The van der Waals surface area contributed by atoms with Gasteiger partial charge in [-0.2, -0.15) is 0 Å². The van der Waals surface area contributed by atoms with Gasteiger partial charge >= 0.3 is 0 Å². The first-order chi connectivity index (χ1) is 9.24. The van der Waals surface area contributed by atoms with E-state index in [0.717, 1.165) is 22.7 Å². The highest BCUT2D eigenvalue weighted by Gasteiger charge is 2.21. The molecule has 4 nitrogen and oxygen atoms in total. The van der Waals surface area contributed by atoms with Crippen LogP contribution < -0.4 is 5.32 Å². The molecule has 5 heteroatoms. The zero-order valence-corrected chi connectivity index (χ0v) is 12.7. The Morgan fingerprint density at radius 1 is 1.37 bits per heavy atom. The lowest BCUT2D eigenvalue weighted by molar-refractivity contribution is 0.378. The minimum Gasteiger partial charge on any atom is -0.308 e. The van der Waals surface area contributed by atoms with Gasteiger partial charge in [-0.15, -0.1) is 0 Å². The second kappa shape index (κ2) is 5.59. The van der Waals surface area contributed by atoms with Gasteiger partial charge in [-0.1, -0.05) is 12.8 Å². The van der Waals surface area contributed by atoms with Gasteiger partial charge in [0.15, 0.2) is 5.65 Å². The number of hydrogen-bond acceptors (Lipinski definition) is 3. The summed E-state index contributed by atoms with van der Waals surface area (Å²) in [4.78, 5) is 8.57. The molecule has 0 saturated heterocycles. The van der Waals surface area contributed by atoms with E-state index < -0.39 is 0 Å². The number of hydrogen-bond donors (Lipinski definition) is 1. The monoisotopic (exact) mass is 322 g/mol. The Hall–Kier alpha value is -0.940. The third kappa shape index (κ3) is 2.82. The van der Waals surface area contributed by atoms with Crippen LogP contribution in [0.25, 0.3) is 5.65 Å². The number of fused-ring (bicyclic) bond motifs is 1. The van der Waals surface area contributed by atoms with Crippen LogP contribution in [0.4, 0.5) is 0 Å². The Bertz CT molecular complexity index is 560. The molecule has 0 amide bonds. The van der Waals surface area contributed by atoms with E-state index in [1.807, 2.05) is 12.4 Å². The molecule has 1 aliphatic rings. The lowest BCUT2D eigenvalue weighted by atomic mass is 10.00. The van der Waals surface area contributed by atoms with Crippen LogP contribution >= 0.6 is 15.9 Å². The molecule has 2 heterocycles. The fourth-order valence-electron chi connectivity index (χ4n) is 2.94. The Morgan fingerprint density at radius 3 is 2.95 bits per heavy atom. The third-order valence-corrected chi connectivity index (χ3v) is 4.56. The first-order valence-corrected chi connectivity index (χ1v) is 7.74. The SMILES string of the molecule is CC(NCc1cnc2cnc(Br)cn12)C1CCCC1. The van der Waals surface area contributed by atoms with Crippen molar-refractivity contribution in [3.05, 3.63) is 28.9 Å². The number of aromatic nitrogens is 3. The van der Waals surface area contributed by atoms with Crippen molar-refractivity contribution in [2.45, 2.75) is 45.2 Å². The summed E-state index contributed by atoms with van der Waals surface area (Å²) in [6, 6.07) is 0.582. The zero-order valence-electron chi connectivity index (χ0n) is 11.1. The lowest BCUT2D eigenvalue weighted by Gasteiger charge is -2.20. The molecule has 1 N–H and O–H groups in total. The molecule has 1 unspecified atom stereocenters. The Labute approximate surface area is 121 Å². The van der Waals surface area contributed by atoms with Gasteiger partial charge in [0.2, 0.25) is 0 Å². The third-order valence-electron chi connectivity index (χ3n) is 4.15. The molecule has 1 aliphatic carbocycles. The number of halogens is 1. The molecule has 0 spiro atoms. The summed E-state index contributed by atoms with van der Waals surface area (Å²) in [5, 5.41) is 3.64. The van der Waals surface area contributed by atoms with Gasteiger partial charge in [0, 0.05) is 18.8 Å². The van der Waals surface area contributed by atoms with Crippen LogP contribution in [0.5, 0.6) is 0 Å². The Morgan fingerprint density at radius 2 is 2.16 bits per heavy atom. The Kier molecular flexibility index (Phi) is 3.84. The Balaban J connectivity index is 1.69. The summed E-state index contributed by atoms with van der Waals surface area (Å²) >= 11 is 3.41. The second-order valence-electron chi connectivity index (χ2n) is 5.40. The van der Waals surface area contributed by atoms with E-state index in [9.17, 15) is 0 Å². The average Bonchev–Trinajstić information content (AvgIpc) is 3.05. The summed E-state index contributed by atoms with van der Waals surface area (Å²) < 4.78 is 2.92. The minimum atomic E-state index is 0.582. The van der Waals surface area contributed by atoms with Crippen molar-refractivity contribution in [2.24, 2.45) is 5.92 Å². The van der Waals surface area contributed by atoms with Crippen molar-refractivity contribution in [1.82, 2.24) is 19.7 Å². The van der Waals surface area contributed by atoms with Crippen molar-refractivity contribution in [3.8, 4) is 0 Å². The van der Waals surface area contributed by atoms with Crippen molar-refractivity contribution >= 4 is 21.6 Å². The van der Waals surface area contributed by atoms with Crippen LogP contribution in [0, 0.1) is 5.92 Å². The van der Waals surface area contributed by atoms with E-state index in [-0.39, 0.29) is 0 Å². The molecule has 19 heavy (non-hydrogen) atoms. The fraction of sp³-hybridized carbons (Fsp3) is 0.571. The molecule has 1 atom stereocenters. The molecule has 0 bridgehead atoms. The van der Waals surface area contributed by atoms with E-state index >= 15 is 0 Å². The topological polar surface area (TPSA) is 42.2 Å². The smallest absolute Gasteiger partial charge is 0.155 e. The van der Waals surface area contributed by atoms with Crippen molar-refractivity contribution in [1.29, 1.82) is 0 Å². The van der Waals surface area contributed by atoms with Gasteiger partial charge in [0.05, 0.1) is 18.1 Å². The summed E-state index contributed by atoms with van der Waals surface area (Å²) in [6.45, 7) is 3.16. The van der Waals surface area contributed by atoms with Gasteiger partial charge in [-0.25, -0.2) is 9.97 Å². The van der Waals surface area contributed by atoms with E-state index in [1.54, 1.807) is 6.20 Å². The van der Waals surface area contributed by atoms with Gasteiger partial charge in [-0.05, 0) is 41.6 Å². The van der Waals surface area contributed by atoms with E-state index in [4.69, 9.17) is 0 Å². The predicted octanol–water partition coefficient (Wildman–Crippen LogP) is 3.16. The summed E-state index contributed by atoms with van der Waals surface area (Å²) in [7, 11) is 0. The number of nitrogens with zero attached hydrogens (tertiary/aromatic N) is 3. The van der Waals surface area contributed by atoms with Crippen molar-refractivity contribution in [3.63, 3.8) is 0 Å². The van der Waals surface area contributed by atoms with Crippen molar-refractivity contribution in [2.75, 3.05) is 0 Å². The van der Waals surface area contributed by atoms with Gasteiger partial charge in [-0.3, -0.25) is 4.40 Å². The van der Waals surface area contributed by atoms with Crippen LogP contribution in [-0.4, -0.2) is 20.4 Å². The molecular formula is C14H19BrN4. The van der Waals surface area contributed by atoms with Crippen LogP contribution in [0.1, 0.15) is 38.3 Å². The molecule has 1 saturated carbocycles. The van der Waals surface area contributed by atoms with E-state index in [2.05, 4.69) is 42.5 Å². The van der Waals surface area contributed by atoms with E-state index in [0.29, 0.717) is 6.04 Å². The average molecular weight is 323 g/mol. The first kappa shape index (κ1) is 13.1. The van der Waals surface area contributed by atoms with Crippen LogP contribution in [-0.2, 0) is 6.54 Å². The molecule has 1 fully saturated rings. The number of imidazole rings is 1. The molecule has 102 valence electrons. The fourth-order valence-corrected chi connectivity index (χ4v) is 3.24. The molecule has 3 rings (SSSR count). The highest BCUT2D eigenvalue weighted by Crippen LogP contribution is 2.27. The van der Waals surface area contributed by atoms with Gasteiger partial charge in [0.25, 0.3) is 0 Å². The highest BCUT2D eigenvalue weighted by molar-refractivity contribution is 9.10. The maximum atomic E-state index is 4.37. The maximum Gasteiger partial charge on any atom is 0.155 e. The van der Waals surface area contributed by atoms with Crippen LogP contribution in [0.3, 0.4) is 0 Å². The zero-order chi connectivity index (χ0) is 13.2. The first-order valence-electron chi connectivity index (χ1n) is 6.95. The largest absolute Gasteiger partial charge is 0.308 e. The van der Waals surface area contributed by atoms with Crippen LogP contribution in [0.15, 0.2) is 23.2 Å². The standard InChI is InChI=1S/C14H19BrN4/c1-10(11-4-2-3-5-11)16-6-12-7-18-14-8-17-13(15)9-19(12)14/h7-11,16H,2-6H2,1H3. The molecule has 0 aromatic carbocycles. The second-order valence-corrected chi connectivity index (χ2v) is 6.21. The van der Waals surface area contributed by atoms with Crippen LogP contribution in [0.2, 0.25) is 0 Å². The maximum absolute atomic E-state index is 4.37. The molecule has 0 aliphatic heterocycles. The minimum absolute atomic E-state index is 0.582. The summed E-state index contributed by atoms with van der Waals surface area (Å²) in [5.74, 6) is 0.840. The van der Waals surface area contributed by atoms with Gasteiger partial charge in [0.1, 0.15) is 4.60 Å².